The molecule has 0 aliphatic rings. The summed E-state index contributed by atoms with van der Waals surface area (Å²) in [5.74, 6) is -0.274. The fourth-order valence-corrected chi connectivity index (χ4v) is 3.75. The summed E-state index contributed by atoms with van der Waals surface area (Å²) in [6.07, 6.45) is 1.56. The number of carbonyl (C=O) groups excluding carboxylic acids is 1. The lowest BCUT2D eigenvalue weighted by Gasteiger charge is -2.17. The molecule has 3 rings (SSSR count). The molecule has 3 aromatic rings. The van der Waals surface area contributed by atoms with Crippen molar-refractivity contribution in [2.24, 2.45) is 7.05 Å². The fourth-order valence-electron chi connectivity index (χ4n) is 2.30. The van der Waals surface area contributed by atoms with Gasteiger partial charge < -0.3 is 9.88 Å². The Morgan fingerprint density at radius 1 is 1.30 bits per heavy atom. The predicted molar refractivity (Wildman–Crippen MR) is 105 cm³/mol. The zero-order valence-electron chi connectivity index (χ0n) is 14.1. The van der Waals surface area contributed by atoms with Gasteiger partial charge >= 0.3 is 0 Å². The number of hydrogen-bond acceptors (Lipinski definition) is 6. The molecule has 0 spiro atoms. The minimum Gasteiger partial charge on any atom is -0.324 e. The Balaban J connectivity index is 1.87. The number of halogens is 1. The van der Waals surface area contributed by atoms with Crippen LogP contribution in [-0.4, -0.2) is 25.6 Å². The smallest absolute Gasteiger partial charge is 0.270 e. The highest BCUT2D eigenvalue weighted by Crippen LogP contribution is 2.36. The third-order valence-electron chi connectivity index (χ3n) is 3.65. The Bertz CT molecular complexity index is 980. The van der Waals surface area contributed by atoms with E-state index in [1.807, 2.05) is 30.3 Å². The predicted octanol–water partition coefficient (Wildman–Crippen LogP) is 3.96. The number of anilines is 1. The molecule has 1 atom stereocenters. The standard InChI is InChI=1S/C17H14BrN5O3S/c1-22-10-19-21-17(22)27-15(11-5-3-2-4-6-11)16(24)20-14-8-7-12(23(25)26)9-13(14)18/h2-10,15H,1H3,(H,20,24)/t15-/m0/s1. The van der Waals surface area contributed by atoms with Crippen molar-refractivity contribution in [2.45, 2.75) is 10.4 Å². The molecule has 27 heavy (non-hydrogen) atoms. The van der Waals surface area contributed by atoms with Gasteiger partial charge in [0.1, 0.15) is 11.6 Å². The molecule has 8 nitrogen and oxygen atoms in total. The summed E-state index contributed by atoms with van der Waals surface area (Å²) < 4.78 is 2.16. The van der Waals surface area contributed by atoms with Crippen LogP contribution in [0.25, 0.3) is 0 Å². The number of non-ortho nitro benzene ring substituents is 1. The molecule has 2 aromatic carbocycles. The largest absolute Gasteiger partial charge is 0.324 e. The lowest BCUT2D eigenvalue weighted by molar-refractivity contribution is -0.384. The van der Waals surface area contributed by atoms with Crippen LogP contribution in [0.3, 0.4) is 0 Å². The van der Waals surface area contributed by atoms with Crippen LogP contribution in [0.1, 0.15) is 10.8 Å². The van der Waals surface area contributed by atoms with Gasteiger partial charge in [0, 0.05) is 23.7 Å². The third-order valence-corrected chi connectivity index (χ3v) is 5.61. The first-order valence-corrected chi connectivity index (χ1v) is 9.43. The molecule has 0 saturated carbocycles. The van der Waals surface area contributed by atoms with Crippen LogP contribution in [0.2, 0.25) is 0 Å². The van der Waals surface area contributed by atoms with Crippen LogP contribution >= 0.6 is 27.7 Å². The molecule has 0 aliphatic heterocycles. The lowest BCUT2D eigenvalue weighted by atomic mass is 10.1. The van der Waals surface area contributed by atoms with E-state index in [0.717, 1.165) is 5.56 Å². The third kappa shape index (κ3) is 4.52. The summed E-state index contributed by atoms with van der Waals surface area (Å²) in [6, 6.07) is 13.5. The summed E-state index contributed by atoms with van der Waals surface area (Å²) in [7, 11) is 1.80. The molecule has 138 valence electrons. The van der Waals surface area contributed by atoms with Crippen molar-refractivity contribution in [1.29, 1.82) is 0 Å². The normalized spacial score (nSPS) is 11.8. The molecule has 1 amide bonds. The SMILES string of the molecule is Cn1cnnc1S[C@H](C(=O)Nc1ccc([N+](=O)[O-])cc1Br)c1ccccc1. The van der Waals surface area contributed by atoms with E-state index < -0.39 is 10.2 Å². The van der Waals surface area contributed by atoms with Crippen molar-refractivity contribution in [3.8, 4) is 0 Å². The number of thioether (sulfide) groups is 1. The van der Waals surface area contributed by atoms with Gasteiger partial charge in [-0.25, -0.2) is 0 Å². The Kier molecular flexibility index (Phi) is 5.87. The minimum absolute atomic E-state index is 0.0621. The maximum Gasteiger partial charge on any atom is 0.270 e. The molecule has 1 heterocycles. The molecule has 1 N–H and O–H groups in total. The van der Waals surface area contributed by atoms with Crippen molar-refractivity contribution < 1.29 is 9.72 Å². The van der Waals surface area contributed by atoms with Crippen molar-refractivity contribution in [1.82, 2.24) is 14.8 Å². The summed E-state index contributed by atoms with van der Waals surface area (Å²) in [6.45, 7) is 0. The number of aryl methyl sites for hydroxylation is 1. The van der Waals surface area contributed by atoms with Crippen LogP contribution in [-0.2, 0) is 11.8 Å². The van der Waals surface area contributed by atoms with Gasteiger partial charge in [0.05, 0.1) is 10.6 Å². The van der Waals surface area contributed by atoms with Gasteiger partial charge in [-0.3, -0.25) is 14.9 Å². The maximum absolute atomic E-state index is 13.0. The van der Waals surface area contributed by atoms with Crippen molar-refractivity contribution in [3.63, 3.8) is 0 Å². The maximum atomic E-state index is 13.0. The highest BCUT2D eigenvalue weighted by atomic mass is 79.9. The second-order valence-electron chi connectivity index (χ2n) is 5.54. The molecule has 0 bridgehead atoms. The number of nitro groups is 1. The molecule has 1 aromatic heterocycles. The van der Waals surface area contributed by atoms with E-state index in [1.54, 1.807) is 17.9 Å². The van der Waals surface area contributed by atoms with Crippen LogP contribution in [0.4, 0.5) is 11.4 Å². The van der Waals surface area contributed by atoms with Crippen molar-refractivity contribution in [3.05, 3.63) is 75.0 Å². The lowest BCUT2D eigenvalue weighted by Crippen LogP contribution is -2.19. The van der Waals surface area contributed by atoms with Gasteiger partial charge in [-0.05, 0) is 27.6 Å². The molecule has 0 unspecified atom stereocenters. The van der Waals surface area contributed by atoms with E-state index >= 15 is 0 Å². The summed E-state index contributed by atoms with van der Waals surface area (Å²) >= 11 is 4.54. The number of amides is 1. The molecule has 0 saturated heterocycles. The molecule has 0 fully saturated rings. The first-order chi connectivity index (χ1) is 13.0. The molecule has 0 aliphatic carbocycles. The number of nitro benzene ring substituents is 1. The summed E-state index contributed by atoms with van der Waals surface area (Å²) in [5, 5.41) is 21.6. The number of aromatic nitrogens is 3. The minimum atomic E-state index is -0.573. The number of nitrogens with zero attached hydrogens (tertiary/aromatic N) is 4. The molecular weight excluding hydrogens is 434 g/mol. The highest BCUT2D eigenvalue weighted by Gasteiger charge is 2.25. The Labute approximate surface area is 167 Å². The van der Waals surface area contributed by atoms with Gasteiger partial charge in [0.15, 0.2) is 5.16 Å². The average molecular weight is 448 g/mol. The van der Waals surface area contributed by atoms with Crippen molar-refractivity contribution in [2.75, 3.05) is 5.32 Å². The van der Waals surface area contributed by atoms with E-state index in [-0.39, 0.29) is 11.6 Å². The molecule has 0 radical (unpaired) electrons. The summed E-state index contributed by atoms with van der Waals surface area (Å²) in [5.41, 5.74) is 1.19. The van der Waals surface area contributed by atoms with E-state index in [2.05, 4.69) is 31.4 Å². The van der Waals surface area contributed by atoms with Gasteiger partial charge in [-0.2, -0.15) is 0 Å². The average Bonchev–Trinajstić information content (AvgIpc) is 3.06. The Hall–Kier alpha value is -2.72. The molecular formula is C17H14BrN5O3S. The second kappa shape index (κ2) is 8.31. The van der Waals surface area contributed by atoms with Gasteiger partial charge in [0.2, 0.25) is 5.91 Å². The fraction of sp³-hybridized carbons (Fsp3) is 0.118. The number of nitrogens with one attached hydrogen (secondary N) is 1. The van der Waals surface area contributed by atoms with Crippen LogP contribution in [0.15, 0.2) is 64.5 Å². The molecule has 10 heteroatoms. The second-order valence-corrected chi connectivity index (χ2v) is 7.47. The van der Waals surface area contributed by atoms with Crippen molar-refractivity contribution >= 4 is 45.0 Å². The number of carbonyl (C=O) groups is 1. The zero-order chi connectivity index (χ0) is 19.4. The number of rotatable bonds is 6. The highest BCUT2D eigenvalue weighted by molar-refractivity contribution is 9.10. The van der Waals surface area contributed by atoms with Crippen LogP contribution < -0.4 is 5.32 Å². The summed E-state index contributed by atoms with van der Waals surface area (Å²) in [4.78, 5) is 23.4. The number of benzene rings is 2. The van der Waals surface area contributed by atoms with Crippen LogP contribution in [0, 0.1) is 10.1 Å². The first-order valence-electron chi connectivity index (χ1n) is 7.76. The van der Waals surface area contributed by atoms with E-state index in [4.69, 9.17) is 0 Å². The Morgan fingerprint density at radius 2 is 2.04 bits per heavy atom. The zero-order valence-corrected chi connectivity index (χ0v) is 16.5. The van der Waals surface area contributed by atoms with Crippen LogP contribution in [0.5, 0.6) is 0 Å². The quantitative estimate of drug-likeness (QED) is 0.348. The van der Waals surface area contributed by atoms with Gasteiger partial charge in [0.25, 0.3) is 5.69 Å². The van der Waals surface area contributed by atoms with Gasteiger partial charge in [-0.15, -0.1) is 10.2 Å². The van der Waals surface area contributed by atoms with E-state index in [0.29, 0.717) is 15.3 Å². The Morgan fingerprint density at radius 3 is 2.63 bits per heavy atom. The topological polar surface area (TPSA) is 103 Å². The van der Waals surface area contributed by atoms with E-state index in [9.17, 15) is 14.9 Å². The van der Waals surface area contributed by atoms with Gasteiger partial charge in [-0.1, -0.05) is 42.1 Å². The first kappa shape index (κ1) is 19.1. The number of hydrogen-bond donors (Lipinski definition) is 1. The van der Waals surface area contributed by atoms with E-state index in [1.165, 1.54) is 30.0 Å². The monoisotopic (exact) mass is 447 g/mol.